The number of nitrogens with one attached hydrogen (secondary N) is 1. The maximum absolute atomic E-state index is 6.26. The Hall–Kier alpha value is -0.740. The fourth-order valence-corrected chi connectivity index (χ4v) is 2.99. The highest BCUT2D eigenvalue weighted by Crippen LogP contribution is 2.33. The quantitative estimate of drug-likeness (QED) is 0.710. The summed E-state index contributed by atoms with van der Waals surface area (Å²) in [6.45, 7) is 4.05. The fourth-order valence-electron chi connectivity index (χ4n) is 1.95. The first-order chi connectivity index (χ1) is 10.1. The van der Waals surface area contributed by atoms with Gasteiger partial charge in [-0.25, -0.2) is 0 Å². The Bertz CT molecular complexity index is 619. The fraction of sp³-hybridized carbons (Fsp3) is 0.250. The van der Waals surface area contributed by atoms with Gasteiger partial charge >= 0.3 is 0 Å². The van der Waals surface area contributed by atoms with Gasteiger partial charge in [-0.3, -0.25) is 0 Å². The van der Waals surface area contributed by atoms with Crippen LogP contribution in [-0.2, 0) is 13.2 Å². The first-order valence-corrected chi connectivity index (χ1v) is 8.21. The Balaban J connectivity index is 2.18. The minimum Gasteiger partial charge on any atom is -0.487 e. The van der Waals surface area contributed by atoms with E-state index >= 15 is 0 Å². The molecular weight excluding hydrogens is 373 g/mol. The molecule has 2 aromatic rings. The van der Waals surface area contributed by atoms with E-state index in [2.05, 4.69) is 21.2 Å². The van der Waals surface area contributed by atoms with E-state index in [4.69, 9.17) is 27.9 Å². The Morgan fingerprint density at radius 1 is 1.19 bits per heavy atom. The highest BCUT2D eigenvalue weighted by Gasteiger charge is 2.11. The van der Waals surface area contributed by atoms with E-state index in [1.54, 1.807) is 6.07 Å². The van der Waals surface area contributed by atoms with Gasteiger partial charge in [0.1, 0.15) is 12.4 Å². The molecule has 0 aliphatic heterocycles. The average Bonchev–Trinajstić information content (AvgIpc) is 2.44. The van der Waals surface area contributed by atoms with Crippen molar-refractivity contribution in [3.05, 3.63) is 62.0 Å². The lowest BCUT2D eigenvalue weighted by Gasteiger charge is -2.14. The topological polar surface area (TPSA) is 21.3 Å². The van der Waals surface area contributed by atoms with Crippen molar-refractivity contribution in [1.29, 1.82) is 0 Å². The zero-order chi connectivity index (χ0) is 15.2. The molecule has 0 aliphatic carbocycles. The zero-order valence-electron chi connectivity index (χ0n) is 11.6. The smallest absolute Gasteiger partial charge is 0.142 e. The second-order valence-electron chi connectivity index (χ2n) is 4.57. The van der Waals surface area contributed by atoms with Gasteiger partial charge in [-0.05, 0) is 36.4 Å². The molecule has 0 saturated heterocycles. The van der Waals surface area contributed by atoms with Crippen LogP contribution in [0.1, 0.15) is 18.1 Å². The van der Waals surface area contributed by atoms with E-state index in [-0.39, 0.29) is 0 Å². The normalized spacial score (nSPS) is 10.7. The van der Waals surface area contributed by atoms with E-state index in [1.165, 1.54) is 0 Å². The summed E-state index contributed by atoms with van der Waals surface area (Å²) in [5.41, 5.74) is 2.04. The molecule has 0 amide bonds. The van der Waals surface area contributed by atoms with Gasteiger partial charge in [0, 0.05) is 21.6 Å². The van der Waals surface area contributed by atoms with Gasteiger partial charge in [0.05, 0.1) is 5.02 Å². The second kappa shape index (κ2) is 8.04. The Morgan fingerprint density at radius 3 is 2.71 bits per heavy atom. The van der Waals surface area contributed by atoms with Crippen molar-refractivity contribution < 1.29 is 4.74 Å². The lowest BCUT2D eigenvalue weighted by Crippen LogP contribution is -2.13. The molecular formula is C16H16BrCl2NO. The number of benzene rings is 2. The van der Waals surface area contributed by atoms with E-state index in [1.807, 2.05) is 37.3 Å². The van der Waals surface area contributed by atoms with Crippen molar-refractivity contribution in [3.8, 4) is 5.75 Å². The Kier molecular flexibility index (Phi) is 6.37. The number of rotatable bonds is 6. The van der Waals surface area contributed by atoms with Gasteiger partial charge in [0.2, 0.25) is 0 Å². The molecule has 2 nitrogen and oxygen atoms in total. The molecule has 5 heteroatoms. The van der Waals surface area contributed by atoms with Crippen LogP contribution in [0.15, 0.2) is 40.9 Å². The second-order valence-corrected chi connectivity index (χ2v) is 6.33. The third-order valence-electron chi connectivity index (χ3n) is 2.92. The van der Waals surface area contributed by atoms with E-state index < -0.39 is 0 Å². The molecule has 0 bridgehead atoms. The molecule has 0 spiro atoms. The van der Waals surface area contributed by atoms with Gasteiger partial charge in [0.25, 0.3) is 0 Å². The standard InChI is InChI=1S/C16H16BrCl2NO/c1-2-20-9-12-7-14(18)8-15(19)16(12)21-10-11-4-3-5-13(17)6-11/h3-8,20H,2,9-10H2,1H3. The lowest BCUT2D eigenvalue weighted by atomic mass is 10.2. The van der Waals surface area contributed by atoms with Crippen LogP contribution < -0.4 is 10.1 Å². The molecule has 0 aromatic heterocycles. The van der Waals surface area contributed by atoms with Crippen LogP contribution in [-0.4, -0.2) is 6.54 Å². The van der Waals surface area contributed by atoms with E-state index in [9.17, 15) is 0 Å². The molecule has 0 unspecified atom stereocenters. The summed E-state index contributed by atoms with van der Waals surface area (Å²) in [5, 5.41) is 4.41. The third kappa shape index (κ3) is 4.89. The van der Waals surface area contributed by atoms with Crippen LogP contribution >= 0.6 is 39.1 Å². The summed E-state index contributed by atoms with van der Waals surface area (Å²) >= 11 is 15.8. The predicted molar refractivity (Wildman–Crippen MR) is 92.3 cm³/mol. The lowest BCUT2D eigenvalue weighted by molar-refractivity contribution is 0.302. The van der Waals surface area contributed by atoms with Gasteiger partial charge in [-0.1, -0.05) is 58.2 Å². The maximum Gasteiger partial charge on any atom is 0.142 e. The van der Waals surface area contributed by atoms with Crippen molar-refractivity contribution in [2.45, 2.75) is 20.1 Å². The molecule has 21 heavy (non-hydrogen) atoms. The number of hydrogen-bond donors (Lipinski definition) is 1. The molecule has 2 aromatic carbocycles. The van der Waals surface area contributed by atoms with Gasteiger partial charge in [-0.15, -0.1) is 0 Å². The van der Waals surface area contributed by atoms with Crippen LogP contribution in [0, 0.1) is 0 Å². The molecule has 0 radical (unpaired) electrons. The highest BCUT2D eigenvalue weighted by atomic mass is 79.9. The van der Waals surface area contributed by atoms with E-state index in [0.717, 1.165) is 22.1 Å². The van der Waals surface area contributed by atoms with Crippen LogP contribution in [0.5, 0.6) is 5.75 Å². The molecule has 112 valence electrons. The summed E-state index contributed by atoms with van der Waals surface area (Å²) < 4.78 is 6.94. The Morgan fingerprint density at radius 2 is 2.00 bits per heavy atom. The molecule has 0 atom stereocenters. The molecule has 1 N–H and O–H groups in total. The van der Waals surface area contributed by atoms with Crippen LogP contribution in [0.3, 0.4) is 0 Å². The van der Waals surface area contributed by atoms with Crippen molar-refractivity contribution in [3.63, 3.8) is 0 Å². The van der Waals surface area contributed by atoms with Crippen LogP contribution in [0.4, 0.5) is 0 Å². The number of hydrogen-bond acceptors (Lipinski definition) is 2. The summed E-state index contributed by atoms with van der Waals surface area (Å²) in [6, 6.07) is 11.6. The first kappa shape index (κ1) is 16.6. The van der Waals surface area contributed by atoms with Crippen LogP contribution in [0.2, 0.25) is 10.0 Å². The molecule has 0 fully saturated rings. The van der Waals surface area contributed by atoms with E-state index in [0.29, 0.717) is 28.9 Å². The summed E-state index contributed by atoms with van der Waals surface area (Å²) in [4.78, 5) is 0. The van der Waals surface area contributed by atoms with Gasteiger partial charge < -0.3 is 10.1 Å². The minimum atomic E-state index is 0.458. The summed E-state index contributed by atoms with van der Waals surface area (Å²) in [7, 11) is 0. The minimum absolute atomic E-state index is 0.458. The van der Waals surface area contributed by atoms with Gasteiger partial charge in [0.15, 0.2) is 0 Å². The predicted octanol–water partition coefficient (Wildman–Crippen LogP) is 5.44. The monoisotopic (exact) mass is 387 g/mol. The van der Waals surface area contributed by atoms with Crippen LogP contribution in [0.25, 0.3) is 0 Å². The molecule has 0 aliphatic rings. The molecule has 0 heterocycles. The highest BCUT2D eigenvalue weighted by molar-refractivity contribution is 9.10. The maximum atomic E-state index is 6.26. The Labute approximate surface area is 143 Å². The number of halogens is 3. The average molecular weight is 389 g/mol. The van der Waals surface area contributed by atoms with Crippen molar-refractivity contribution in [2.75, 3.05) is 6.54 Å². The van der Waals surface area contributed by atoms with Crippen molar-refractivity contribution in [1.82, 2.24) is 5.32 Å². The summed E-state index contributed by atoms with van der Waals surface area (Å²) in [6.07, 6.45) is 0. The SMILES string of the molecule is CCNCc1cc(Cl)cc(Cl)c1OCc1cccc(Br)c1. The molecule has 2 rings (SSSR count). The summed E-state index contributed by atoms with van der Waals surface area (Å²) in [5.74, 6) is 0.682. The van der Waals surface area contributed by atoms with Crippen molar-refractivity contribution >= 4 is 39.1 Å². The molecule has 0 saturated carbocycles. The zero-order valence-corrected chi connectivity index (χ0v) is 14.7. The third-order valence-corrected chi connectivity index (χ3v) is 3.92. The van der Waals surface area contributed by atoms with Gasteiger partial charge in [-0.2, -0.15) is 0 Å². The number of ether oxygens (including phenoxy) is 1. The largest absolute Gasteiger partial charge is 0.487 e. The van der Waals surface area contributed by atoms with Crippen molar-refractivity contribution in [2.24, 2.45) is 0 Å². The first-order valence-electron chi connectivity index (χ1n) is 6.66.